The van der Waals surface area contributed by atoms with Crippen molar-refractivity contribution in [3.05, 3.63) is 22.8 Å². The van der Waals surface area contributed by atoms with Gasteiger partial charge in [0, 0.05) is 19.1 Å². The first-order chi connectivity index (χ1) is 9.41. The minimum Gasteiger partial charge on any atom is -0.370 e. The number of halogens is 1. The standard InChI is InChI=1S/C13H20ClN3O2S/c1-3-15-13-5-4-11(14)12(16-13)8-17(2)10-6-7-20(18,19)9-10/h4-5,10H,3,6-9H2,1-2H3,(H,15,16). The molecule has 1 saturated heterocycles. The van der Waals surface area contributed by atoms with Gasteiger partial charge in [0.05, 0.1) is 22.2 Å². The summed E-state index contributed by atoms with van der Waals surface area (Å²) in [7, 11) is -0.947. The molecule has 2 rings (SSSR count). The fourth-order valence-electron chi connectivity index (χ4n) is 2.36. The third-order valence-corrected chi connectivity index (χ3v) is 5.60. The van der Waals surface area contributed by atoms with Crippen LogP contribution in [0.5, 0.6) is 0 Å². The van der Waals surface area contributed by atoms with Crippen molar-refractivity contribution in [3.8, 4) is 0 Å². The first-order valence-corrected chi connectivity index (χ1v) is 8.91. The van der Waals surface area contributed by atoms with Gasteiger partial charge in [0.15, 0.2) is 9.84 Å². The maximum absolute atomic E-state index is 11.5. The molecule has 1 N–H and O–H groups in total. The van der Waals surface area contributed by atoms with Crippen molar-refractivity contribution in [1.82, 2.24) is 9.88 Å². The van der Waals surface area contributed by atoms with Crippen LogP contribution in [0.15, 0.2) is 12.1 Å². The van der Waals surface area contributed by atoms with E-state index in [1.165, 1.54) is 0 Å². The quantitative estimate of drug-likeness (QED) is 0.897. The van der Waals surface area contributed by atoms with Gasteiger partial charge in [-0.3, -0.25) is 4.90 Å². The van der Waals surface area contributed by atoms with Crippen molar-refractivity contribution in [2.75, 3.05) is 30.4 Å². The summed E-state index contributed by atoms with van der Waals surface area (Å²) >= 11 is 6.17. The topological polar surface area (TPSA) is 62.3 Å². The molecular formula is C13H20ClN3O2S. The predicted molar refractivity (Wildman–Crippen MR) is 81.9 cm³/mol. The van der Waals surface area contributed by atoms with Gasteiger partial charge in [-0.15, -0.1) is 0 Å². The number of nitrogens with one attached hydrogen (secondary N) is 1. The monoisotopic (exact) mass is 317 g/mol. The van der Waals surface area contributed by atoms with E-state index in [-0.39, 0.29) is 17.5 Å². The lowest BCUT2D eigenvalue weighted by Crippen LogP contribution is -2.32. The first kappa shape index (κ1) is 15.5. The molecule has 1 aromatic rings. The maximum Gasteiger partial charge on any atom is 0.151 e. The smallest absolute Gasteiger partial charge is 0.151 e. The van der Waals surface area contributed by atoms with Gasteiger partial charge in [-0.05, 0) is 32.5 Å². The van der Waals surface area contributed by atoms with E-state index < -0.39 is 9.84 Å². The Kier molecular flexibility index (Phi) is 4.88. The third kappa shape index (κ3) is 3.84. The van der Waals surface area contributed by atoms with Crippen LogP contribution in [0.2, 0.25) is 5.02 Å². The molecule has 0 aliphatic carbocycles. The normalized spacial score (nSPS) is 21.3. The third-order valence-electron chi connectivity index (χ3n) is 3.51. The molecule has 0 bridgehead atoms. The van der Waals surface area contributed by atoms with Gasteiger partial charge in [0.1, 0.15) is 5.82 Å². The number of pyridine rings is 1. The Balaban J connectivity index is 2.07. The molecule has 0 spiro atoms. The van der Waals surface area contributed by atoms with Crippen LogP contribution in [0, 0.1) is 0 Å². The molecule has 1 unspecified atom stereocenters. The average Bonchev–Trinajstić information content (AvgIpc) is 2.74. The van der Waals surface area contributed by atoms with Crippen molar-refractivity contribution in [1.29, 1.82) is 0 Å². The van der Waals surface area contributed by atoms with Gasteiger partial charge in [-0.25, -0.2) is 13.4 Å². The zero-order chi connectivity index (χ0) is 14.8. The van der Waals surface area contributed by atoms with Crippen molar-refractivity contribution in [2.45, 2.75) is 25.9 Å². The number of hydrogen-bond acceptors (Lipinski definition) is 5. The SMILES string of the molecule is CCNc1ccc(Cl)c(CN(C)C2CCS(=O)(=O)C2)n1. The Labute approximate surface area is 125 Å². The second-order valence-electron chi connectivity index (χ2n) is 5.13. The fraction of sp³-hybridized carbons (Fsp3) is 0.615. The van der Waals surface area contributed by atoms with Gasteiger partial charge in [0.25, 0.3) is 0 Å². The van der Waals surface area contributed by atoms with Crippen molar-refractivity contribution < 1.29 is 8.42 Å². The minimum atomic E-state index is -2.87. The number of aromatic nitrogens is 1. The van der Waals surface area contributed by atoms with Crippen LogP contribution in [0.3, 0.4) is 0 Å². The Hall–Kier alpha value is -0.850. The summed E-state index contributed by atoms with van der Waals surface area (Å²) in [6.07, 6.45) is 0.684. The van der Waals surface area contributed by atoms with Gasteiger partial charge in [0.2, 0.25) is 0 Å². The van der Waals surface area contributed by atoms with Gasteiger partial charge in [-0.1, -0.05) is 11.6 Å². The van der Waals surface area contributed by atoms with E-state index in [9.17, 15) is 8.42 Å². The summed E-state index contributed by atoms with van der Waals surface area (Å²) in [6.45, 7) is 3.36. The molecule has 112 valence electrons. The highest BCUT2D eigenvalue weighted by molar-refractivity contribution is 7.91. The molecule has 2 heterocycles. The molecule has 20 heavy (non-hydrogen) atoms. The fourth-order valence-corrected chi connectivity index (χ4v) is 4.33. The molecule has 0 aromatic carbocycles. The highest BCUT2D eigenvalue weighted by Gasteiger charge is 2.30. The Morgan fingerprint density at radius 1 is 1.50 bits per heavy atom. The second kappa shape index (κ2) is 6.28. The molecule has 1 aliphatic rings. The van der Waals surface area contributed by atoms with Gasteiger partial charge in [-0.2, -0.15) is 0 Å². The lowest BCUT2D eigenvalue weighted by Gasteiger charge is -2.23. The second-order valence-corrected chi connectivity index (χ2v) is 7.76. The van der Waals surface area contributed by atoms with Crippen LogP contribution < -0.4 is 5.32 Å². The molecule has 0 amide bonds. The van der Waals surface area contributed by atoms with Crippen molar-refractivity contribution in [3.63, 3.8) is 0 Å². The number of sulfone groups is 1. The maximum atomic E-state index is 11.5. The van der Waals surface area contributed by atoms with E-state index >= 15 is 0 Å². The highest BCUT2D eigenvalue weighted by Crippen LogP contribution is 2.22. The number of rotatable bonds is 5. The molecule has 0 radical (unpaired) electrons. The van der Waals surface area contributed by atoms with E-state index in [1.807, 2.05) is 31.0 Å². The van der Waals surface area contributed by atoms with Crippen LogP contribution in [0.1, 0.15) is 19.0 Å². The zero-order valence-electron chi connectivity index (χ0n) is 11.8. The molecule has 5 nitrogen and oxygen atoms in total. The molecular weight excluding hydrogens is 298 g/mol. The van der Waals surface area contributed by atoms with E-state index in [0.717, 1.165) is 18.1 Å². The lowest BCUT2D eigenvalue weighted by molar-refractivity contribution is 0.251. The first-order valence-electron chi connectivity index (χ1n) is 6.71. The van der Waals surface area contributed by atoms with Crippen molar-refractivity contribution >= 4 is 27.3 Å². The number of nitrogens with zero attached hydrogens (tertiary/aromatic N) is 2. The summed E-state index contributed by atoms with van der Waals surface area (Å²) in [4.78, 5) is 6.50. The predicted octanol–water partition coefficient (Wildman–Crippen LogP) is 1.79. The van der Waals surface area contributed by atoms with Gasteiger partial charge < -0.3 is 5.32 Å². The molecule has 7 heteroatoms. The lowest BCUT2D eigenvalue weighted by atomic mass is 10.2. The largest absolute Gasteiger partial charge is 0.370 e. The van der Waals surface area contributed by atoms with Crippen LogP contribution in [0.4, 0.5) is 5.82 Å². The summed E-state index contributed by atoms with van der Waals surface area (Å²) in [5, 5.41) is 3.76. The average molecular weight is 318 g/mol. The molecule has 1 aliphatic heterocycles. The Morgan fingerprint density at radius 3 is 2.85 bits per heavy atom. The summed E-state index contributed by atoms with van der Waals surface area (Å²) in [6, 6.07) is 3.72. The molecule has 1 fully saturated rings. The Morgan fingerprint density at radius 2 is 2.25 bits per heavy atom. The molecule has 1 atom stereocenters. The number of anilines is 1. The minimum absolute atomic E-state index is 0.0562. The molecule has 0 saturated carbocycles. The van der Waals surface area contributed by atoms with Gasteiger partial charge >= 0.3 is 0 Å². The summed E-state index contributed by atoms with van der Waals surface area (Å²) < 4.78 is 23.1. The highest BCUT2D eigenvalue weighted by atomic mass is 35.5. The van der Waals surface area contributed by atoms with Crippen molar-refractivity contribution in [2.24, 2.45) is 0 Å². The molecule has 1 aromatic heterocycles. The van der Waals surface area contributed by atoms with Crippen LogP contribution >= 0.6 is 11.6 Å². The van der Waals surface area contributed by atoms with E-state index in [0.29, 0.717) is 18.0 Å². The number of hydrogen-bond donors (Lipinski definition) is 1. The van der Waals surface area contributed by atoms with E-state index in [2.05, 4.69) is 10.3 Å². The van der Waals surface area contributed by atoms with Crippen LogP contribution in [-0.2, 0) is 16.4 Å². The zero-order valence-corrected chi connectivity index (χ0v) is 13.3. The van der Waals surface area contributed by atoms with E-state index in [1.54, 1.807) is 0 Å². The van der Waals surface area contributed by atoms with Crippen LogP contribution in [-0.4, -0.2) is 49.4 Å². The van der Waals surface area contributed by atoms with E-state index in [4.69, 9.17) is 11.6 Å². The summed E-state index contributed by atoms with van der Waals surface area (Å²) in [5.41, 5.74) is 0.775. The summed E-state index contributed by atoms with van der Waals surface area (Å²) in [5.74, 6) is 1.30. The van der Waals surface area contributed by atoms with Crippen LogP contribution in [0.25, 0.3) is 0 Å². The Bertz CT molecular complexity index is 577.